The Hall–Kier alpha value is -2.22. The van der Waals surface area contributed by atoms with Crippen molar-refractivity contribution in [3.8, 4) is 0 Å². The van der Waals surface area contributed by atoms with Crippen LogP contribution in [0.2, 0.25) is 0 Å². The van der Waals surface area contributed by atoms with Gasteiger partial charge in [0.15, 0.2) is 0 Å². The van der Waals surface area contributed by atoms with Gasteiger partial charge in [0.2, 0.25) is 0 Å². The first-order chi connectivity index (χ1) is 9.65. The number of nitrogens with zero attached hydrogens (tertiary/aromatic N) is 1. The minimum Gasteiger partial charge on any atom is -0.477 e. The highest BCUT2D eigenvalue weighted by Gasteiger charge is 2.27. The van der Waals surface area contributed by atoms with Crippen molar-refractivity contribution in [1.29, 1.82) is 0 Å². The van der Waals surface area contributed by atoms with E-state index in [4.69, 9.17) is 5.11 Å². The van der Waals surface area contributed by atoms with E-state index >= 15 is 0 Å². The molecule has 0 aliphatic heterocycles. The molecule has 2 rings (SSSR count). The maximum absolute atomic E-state index is 12.5. The molecule has 0 aromatic carbocycles. The third-order valence-electron chi connectivity index (χ3n) is 3.33. The van der Waals surface area contributed by atoms with Crippen molar-refractivity contribution >= 4 is 16.0 Å². The van der Waals surface area contributed by atoms with Crippen LogP contribution in [0.1, 0.15) is 33.1 Å². The van der Waals surface area contributed by atoms with Gasteiger partial charge < -0.3 is 10.1 Å². The lowest BCUT2D eigenvalue weighted by atomic mass is 10.2. The predicted molar refractivity (Wildman–Crippen MR) is 77.7 cm³/mol. The fourth-order valence-electron chi connectivity index (χ4n) is 2.33. The highest BCUT2D eigenvalue weighted by molar-refractivity contribution is 7.92. The van der Waals surface area contributed by atoms with Crippen molar-refractivity contribution in [2.24, 2.45) is 0 Å². The first kappa shape index (κ1) is 15.2. The molecule has 2 aromatic rings. The van der Waals surface area contributed by atoms with E-state index in [1.54, 1.807) is 26.0 Å². The number of hydrogen-bond donors (Lipinski definition) is 3. The van der Waals surface area contributed by atoms with Crippen molar-refractivity contribution < 1.29 is 18.3 Å². The van der Waals surface area contributed by atoms with Crippen LogP contribution < -0.4 is 4.83 Å². The molecule has 2 aromatic heterocycles. The Morgan fingerprint density at radius 1 is 1.19 bits per heavy atom. The van der Waals surface area contributed by atoms with E-state index in [2.05, 4.69) is 9.82 Å². The van der Waals surface area contributed by atoms with Crippen LogP contribution in [-0.2, 0) is 10.0 Å². The van der Waals surface area contributed by atoms with Crippen LogP contribution in [-0.4, -0.2) is 29.2 Å². The van der Waals surface area contributed by atoms with Gasteiger partial charge in [0.25, 0.3) is 10.0 Å². The molecule has 0 amide bonds. The van der Waals surface area contributed by atoms with Crippen LogP contribution in [0.5, 0.6) is 0 Å². The van der Waals surface area contributed by atoms with Crippen molar-refractivity contribution in [3.05, 3.63) is 40.5 Å². The molecule has 0 aliphatic carbocycles. The van der Waals surface area contributed by atoms with Crippen LogP contribution in [0.25, 0.3) is 0 Å². The number of aromatic nitrogens is 2. The van der Waals surface area contributed by atoms with Crippen molar-refractivity contribution in [1.82, 2.24) is 9.66 Å². The summed E-state index contributed by atoms with van der Waals surface area (Å²) in [6.45, 7) is 6.55. The largest absolute Gasteiger partial charge is 0.477 e. The minimum absolute atomic E-state index is 0.0348. The van der Waals surface area contributed by atoms with Crippen LogP contribution >= 0.6 is 0 Å². The summed E-state index contributed by atoms with van der Waals surface area (Å²) in [7, 11) is -3.88. The maximum Gasteiger partial charge on any atom is 0.352 e. The number of rotatable bonds is 4. The lowest BCUT2D eigenvalue weighted by Gasteiger charge is -2.13. The summed E-state index contributed by atoms with van der Waals surface area (Å²) in [6.07, 6.45) is 0. The van der Waals surface area contributed by atoms with Crippen LogP contribution in [0.4, 0.5) is 0 Å². The van der Waals surface area contributed by atoms with Gasteiger partial charge in [0.1, 0.15) is 10.6 Å². The molecule has 2 heterocycles. The second kappa shape index (κ2) is 4.96. The number of hydrogen-bond acceptors (Lipinski definition) is 3. The number of carboxylic acid groups (broad SMARTS) is 1. The van der Waals surface area contributed by atoms with Gasteiger partial charge in [-0.3, -0.25) is 4.68 Å². The number of sulfonamides is 1. The summed E-state index contributed by atoms with van der Waals surface area (Å²) in [5.41, 5.74) is 1.84. The van der Waals surface area contributed by atoms with Gasteiger partial charge in [0, 0.05) is 22.6 Å². The fraction of sp³-hybridized carbons (Fsp3) is 0.308. The predicted octanol–water partition coefficient (Wildman–Crippen LogP) is 1.68. The molecular weight excluding hydrogens is 294 g/mol. The van der Waals surface area contributed by atoms with Crippen molar-refractivity contribution in [3.63, 3.8) is 0 Å². The number of carboxylic acids is 1. The summed E-state index contributed by atoms with van der Waals surface area (Å²) in [4.78, 5) is 16.1. The molecule has 7 nitrogen and oxygen atoms in total. The second-order valence-corrected chi connectivity index (χ2v) is 6.53. The van der Waals surface area contributed by atoms with E-state index in [-0.39, 0.29) is 16.2 Å². The quantitative estimate of drug-likeness (QED) is 0.799. The van der Waals surface area contributed by atoms with Gasteiger partial charge in [0.05, 0.1) is 0 Å². The molecular formula is C13H17N3O4S. The summed E-state index contributed by atoms with van der Waals surface area (Å²) in [5.74, 6) is -1.19. The summed E-state index contributed by atoms with van der Waals surface area (Å²) >= 11 is 0. The van der Waals surface area contributed by atoms with E-state index in [1.807, 2.05) is 0 Å². The normalized spacial score (nSPS) is 11.6. The van der Waals surface area contributed by atoms with Crippen LogP contribution in [0.15, 0.2) is 17.0 Å². The molecule has 0 bridgehead atoms. The second-order valence-electron chi connectivity index (χ2n) is 4.93. The molecule has 0 saturated heterocycles. The van der Waals surface area contributed by atoms with E-state index in [0.29, 0.717) is 5.69 Å². The maximum atomic E-state index is 12.5. The number of aryl methyl sites for hydroxylation is 3. The van der Waals surface area contributed by atoms with Crippen molar-refractivity contribution in [2.45, 2.75) is 32.6 Å². The Balaban J connectivity index is 2.53. The Bertz CT molecular complexity index is 795. The van der Waals surface area contributed by atoms with Crippen molar-refractivity contribution in [2.75, 3.05) is 4.83 Å². The Morgan fingerprint density at radius 3 is 2.14 bits per heavy atom. The molecule has 0 radical (unpaired) electrons. The zero-order valence-electron chi connectivity index (χ0n) is 12.2. The zero-order chi connectivity index (χ0) is 15.9. The SMILES string of the molecule is Cc1[nH]c(C(=O)O)c(C)c1S(=O)(=O)Nn1c(C)ccc1C. The highest BCUT2D eigenvalue weighted by atomic mass is 32.2. The molecule has 0 saturated carbocycles. The van der Waals surface area contributed by atoms with E-state index in [0.717, 1.165) is 11.4 Å². The Morgan fingerprint density at radius 2 is 1.71 bits per heavy atom. The molecule has 0 aliphatic rings. The third kappa shape index (κ3) is 2.54. The molecule has 0 fully saturated rings. The summed E-state index contributed by atoms with van der Waals surface area (Å²) in [5, 5.41) is 9.06. The van der Waals surface area contributed by atoms with Gasteiger partial charge in [-0.2, -0.15) is 8.42 Å². The zero-order valence-corrected chi connectivity index (χ0v) is 13.0. The van der Waals surface area contributed by atoms with Gasteiger partial charge in [-0.1, -0.05) is 0 Å². The monoisotopic (exact) mass is 311 g/mol. The molecule has 0 unspecified atom stereocenters. The van der Waals surface area contributed by atoms with Crippen LogP contribution in [0, 0.1) is 27.7 Å². The minimum atomic E-state index is -3.88. The number of H-pyrrole nitrogens is 1. The highest BCUT2D eigenvalue weighted by Crippen LogP contribution is 2.24. The third-order valence-corrected chi connectivity index (χ3v) is 4.91. The average molecular weight is 311 g/mol. The lowest BCUT2D eigenvalue weighted by molar-refractivity contribution is 0.0690. The number of carbonyl (C=O) groups is 1. The molecule has 0 atom stereocenters. The standard InChI is InChI=1S/C13H17N3O4S/c1-7-5-6-8(2)16(7)15-21(19,20)12-9(3)11(13(17)18)14-10(12)4/h5-6,14-15H,1-4H3,(H,17,18). The van der Waals surface area contributed by atoms with E-state index < -0.39 is 16.0 Å². The summed E-state index contributed by atoms with van der Waals surface area (Å²) < 4.78 is 26.5. The van der Waals surface area contributed by atoms with Gasteiger partial charge in [-0.15, -0.1) is 0 Å². The molecule has 3 N–H and O–H groups in total. The smallest absolute Gasteiger partial charge is 0.352 e. The van der Waals surface area contributed by atoms with Gasteiger partial charge in [-0.25, -0.2) is 9.63 Å². The molecule has 114 valence electrons. The first-order valence-electron chi connectivity index (χ1n) is 6.25. The fourth-order valence-corrected chi connectivity index (χ4v) is 3.91. The van der Waals surface area contributed by atoms with E-state index in [9.17, 15) is 13.2 Å². The first-order valence-corrected chi connectivity index (χ1v) is 7.73. The number of nitrogens with one attached hydrogen (secondary N) is 2. The Kier molecular flexibility index (Phi) is 3.58. The lowest BCUT2D eigenvalue weighted by Crippen LogP contribution is -2.25. The molecule has 21 heavy (non-hydrogen) atoms. The molecule has 8 heteroatoms. The van der Waals surface area contributed by atoms with Gasteiger partial charge in [-0.05, 0) is 39.8 Å². The Labute approximate surface area is 122 Å². The van der Waals surface area contributed by atoms with Gasteiger partial charge >= 0.3 is 5.97 Å². The van der Waals surface area contributed by atoms with Crippen LogP contribution in [0.3, 0.4) is 0 Å². The summed E-state index contributed by atoms with van der Waals surface area (Å²) in [6, 6.07) is 3.58. The topological polar surface area (TPSA) is 104 Å². The number of aromatic carboxylic acids is 1. The van der Waals surface area contributed by atoms with E-state index in [1.165, 1.54) is 18.5 Å². The average Bonchev–Trinajstić information content (AvgIpc) is 2.83. The molecule has 0 spiro atoms. The number of aromatic amines is 1.